The van der Waals surface area contributed by atoms with Gasteiger partial charge >= 0.3 is 0 Å². The van der Waals surface area contributed by atoms with Crippen molar-refractivity contribution in [3.63, 3.8) is 0 Å². The Bertz CT molecular complexity index is 592. The normalized spacial score (nSPS) is 13.6. The predicted molar refractivity (Wildman–Crippen MR) is 78.8 cm³/mol. The highest BCUT2D eigenvalue weighted by Crippen LogP contribution is 2.31. The lowest BCUT2D eigenvalue weighted by Crippen LogP contribution is -2.26. The largest absolute Gasteiger partial charge is 0.337 e. The highest BCUT2D eigenvalue weighted by atomic mass is 79.9. The smallest absolute Gasteiger partial charge is 0.244 e. The zero-order valence-electron chi connectivity index (χ0n) is 10.9. The fourth-order valence-electron chi connectivity index (χ4n) is 1.48. The molecule has 0 spiro atoms. The van der Waals surface area contributed by atoms with Gasteiger partial charge in [-0.25, -0.2) is 0 Å². The summed E-state index contributed by atoms with van der Waals surface area (Å²) in [6, 6.07) is 5.16. The zero-order chi connectivity index (χ0) is 14.2. The maximum absolute atomic E-state index is 6.09. The second kappa shape index (κ2) is 5.23. The summed E-state index contributed by atoms with van der Waals surface area (Å²) < 4.78 is 6.03. The van der Waals surface area contributed by atoms with Gasteiger partial charge in [0.1, 0.15) is 0 Å². The van der Waals surface area contributed by atoms with Crippen molar-refractivity contribution in [2.24, 2.45) is 11.1 Å². The van der Waals surface area contributed by atoms with E-state index in [0.29, 0.717) is 16.7 Å². The van der Waals surface area contributed by atoms with Crippen LogP contribution >= 0.6 is 27.5 Å². The molecule has 2 aromatic rings. The van der Waals surface area contributed by atoms with Gasteiger partial charge in [0, 0.05) is 10.0 Å². The van der Waals surface area contributed by atoms with Gasteiger partial charge in [-0.3, -0.25) is 0 Å². The third-order valence-electron chi connectivity index (χ3n) is 2.82. The van der Waals surface area contributed by atoms with E-state index in [9.17, 15) is 0 Å². The Morgan fingerprint density at radius 3 is 2.63 bits per heavy atom. The molecule has 0 aliphatic carbocycles. The minimum Gasteiger partial charge on any atom is -0.337 e. The van der Waals surface area contributed by atoms with Crippen LogP contribution in [-0.4, -0.2) is 10.1 Å². The van der Waals surface area contributed by atoms with Gasteiger partial charge in [0.2, 0.25) is 11.7 Å². The van der Waals surface area contributed by atoms with Crippen molar-refractivity contribution in [3.8, 4) is 11.4 Å². The summed E-state index contributed by atoms with van der Waals surface area (Å²) in [5.41, 5.74) is 6.78. The van der Waals surface area contributed by atoms with E-state index in [0.717, 1.165) is 10.0 Å². The van der Waals surface area contributed by atoms with Gasteiger partial charge < -0.3 is 10.3 Å². The fraction of sp³-hybridized carbons (Fsp3) is 0.385. The van der Waals surface area contributed by atoms with Crippen molar-refractivity contribution < 1.29 is 4.52 Å². The van der Waals surface area contributed by atoms with E-state index in [4.69, 9.17) is 21.9 Å². The van der Waals surface area contributed by atoms with Gasteiger partial charge in [-0.05, 0) is 39.5 Å². The van der Waals surface area contributed by atoms with Crippen LogP contribution in [0, 0.1) is 5.41 Å². The Hall–Kier alpha value is -0.910. The van der Waals surface area contributed by atoms with Crippen LogP contribution in [0.4, 0.5) is 0 Å². The molecular weight excluding hydrogens is 330 g/mol. The Labute approximate surface area is 125 Å². The Morgan fingerprint density at radius 2 is 2.05 bits per heavy atom. The molecule has 0 aliphatic heterocycles. The maximum Gasteiger partial charge on any atom is 0.244 e. The van der Waals surface area contributed by atoms with Crippen LogP contribution in [0.1, 0.15) is 32.7 Å². The van der Waals surface area contributed by atoms with Crippen LogP contribution in [0.15, 0.2) is 27.2 Å². The first-order valence-corrected chi connectivity index (χ1v) is 7.01. The molecule has 1 heterocycles. The summed E-state index contributed by atoms with van der Waals surface area (Å²) in [4.78, 5) is 4.35. The number of hydrogen-bond donors (Lipinski definition) is 1. The molecule has 19 heavy (non-hydrogen) atoms. The average Bonchev–Trinajstić information content (AvgIpc) is 2.79. The SMILES string of the molecule is CC(C)(C)[C@@H](N)c1nc(-c2ccc(Cl)c(Br)c2)no1. The van der Waals surface area contributed by atoms with Gasteiger partial charge in [0.25, 0.3) is 0 Å². The van der Waals surface area contributed by atoms with E-state index in [1.54, 1.807) is 6.07 Å². The Balaban J connectivity index is 2.33. The first kappa shape index (κ1) is 14.5. The lowest BCUT2D eigenvalue weighted by Gasteiger charge is -2.23. The van der Waals surface area contributed by atoms with Crippen LogP contribution in [0.2, 0.25) is 5.02 Å². The summed E-state index contributed by atoms with van der Waals surface area (Å²) in [6.45, 7) is 6.08. The molecule has 0 fully saturated rings. The number of nitrogens with zero attached hydrogens (tertiary/aromatic N) is 2. The molecule has 0 saturated carbocycles. The van der Waals surface area contributed by atoms with Crippen molar-refractivity contribution in [1.82, 2.24) is 10.1 Å². The summed E-state index contributed by atoms with van der Waals surface area (Å²) in [5.74, 6) is 0.945. The zero-order valence-corrected chi connectivity index (χ0v) is 13.3. The van der Waals surface area contributed by atoms with Crippen molar-refractivity contribution in [2.75, 3.05) is 0 Å². The molecule has 0 bridgehead atoms. The van der Waals surface area contributed by atoms with E-state index in [2.05, 4.69) is 26.1 Å². The van der Waals surface area contributed by atoms with Crippen molar-refractivity contribution in [1.29, 1.82) is 0 Å². The quantitative estimate of drug-likeness (QED) is 0.886. The van der Waals surface area contributed by atoms with Crippen molar-refractivity contribution >= 4 is 27.5 Å². The minimum atomic E-state index is -0.301. The molecule has 6 heteroatoms. The van der Waals surface area contributed by atoms with Crippen molar-refractivity contribution in [2.45, 2.75) is 26.8 Å². The summed E-state index contributed by atoms with van der Waals surface area (Å²) in [6.07, 6.45) is 0. The van der Waals surface area contributed by atoms with Gasteiger partial charge in [-0.15, -0.1) is 0 Å². The second-order valence-electron chi connectivity index (χ2n) is 5.43. The summed E-state index contributed by atoms with van der Waals surface area (Å²) in [5, 5.41) is 4.60. The molecule has 0 amide bonds. The predicted octanol–water partition coefficient (Wildman–Crippen LogP) is 4.20. The molecule has 1 aromatic heterocycles. The molecule has 102 valence electrons. The topological polar surface area (TPSA) is 64.9 Å². The first-order valence-electron chi connectivity index (χ1n) is 5.83. The monoisotopic (exact) mass is 343 g/mol. The third-order valence-corrected chi connectivity index (χ3v) is 4.03. The molecular formula is C13H15BrClN3O. The van der Waals surface area contributed by atoms with E-state index >= 15 is 0 Å². The van der Waals surface area contributed by atoms with Gasteiger partial charge in [0.15, 0.2) is 0 Å². The Morgan fingerprint density at radius 1 is 1.37 bits per heavy atom. The standard InChI is InChI=1S/C13H15BrClN3O/c1-13(2,3)10(16)12-17-11(18-19-12)7-4-5-9(15)8(14)6-7/h4-6,10H,16H2,1-3H3/t10-/m0/s1. The van der Waals surface area contributed by atoms with E-state index in [1.807, 2.05) is 32.9 Å². The van der Waals surface area contributed by atoms with E-state index < -0.39 is 0 Å². The van der Waals surface area contributed by atoms with Gasteiger partial charge in [-0.2, -0.15) is 4.98 Å². The molecule has 4 nitrogen and oxygen atoms in total. The lowest BCUT2D eigenvalue weighted by molar-refractivity contribution is 0.253. The lowest BCUT2D eigenvalue weighted by atomic mass is 9.87. The minimum absolute atomic E-state index is 0.135. The molecule has 0 saturated heterocycles. The average molecular weight is 345 g/mol. The second-order valence-corrected chi connectivity index (χ2v) is 6.69. The maximum atomic E-state index is 6.09. The number of nitrogens with two attached hydrogens (primary N) is 1. The number of hydrogen-bond acceptors (Lipinski definition) is 4. The van der Waals surface area contributed by atoms with Crippen LogP contribution in [0.5, 0.6) is 0 Å². The van der Waals surface area contributed by atoms with Gasteiger partial charge in [-0.1, -0.05) is 37.5 Å². The first-order chi connectivity index (χ1) is 8.79. The number of rotatable bonds is 2. The van der Waals surface area contributed by atoms with E-state index in [1.165, 1.54) is 0 Å². The molecule has 1 aromatic carbocycles. The highest BCUT2D eigenvalue weighted by molar-refractivity contribution is 9.10. The molecule has 2 rings (SSSR count). The number of benzene rings is 1. The third kappa shape index (κ3) is 3.16. The number of aromatic nitrogens is 2. The highest BCUT2D eigenvalue weighted by Gasteiger charge is 2.27. The van der Waals surface area contributed by atoms with Crippen LogP contribution in [0.25, 0.3) is 11.4 Å². The van der Waals surface area contributed by atoms with Crippen LogP contribution in [-0.2, 0) is 0 Å². The summed E-state index contributed by atoms with van der Waals surface area (Å²) in [7, 11) is 0. The molecule has 0 radical (unpaired) electrons. The molecule has 0 aliphatic rings. The fourth-order valence-corrected chi connectivity index (χ4v) is 1.98. The Kier molecular flexibility index (Phi) is 3.99. The number of halogens is 2. The van der Waals surface area contributed by atoms with Crippen molar-refractivity contribution in [3.05, 3.63) is 33.6 Å². The molecule has 1 atom stereocenters. The van der Waals surface area contributed by atoms with E-state index in [-0.39, 0.29) is 11.5 Å². The van der Waals surface area contributed by atoms with Gasteiger partial charge in [0.05, 0.1) is 11.1 Å². The van der Waals surface area contributed by atoms with Crippen LogP contribution < -0.4 is 5.73 Å². The molecule has 0 unspecified atom stereocenters. The summed E-state index contributed by atoms with van der Waals surface area (Å²) >= 11 is 9.32. The van der Waals surface area contributed by atoms with Crippen LogP contribution in [0.3, 0.4) is 0 Å². The molecule has 2 N–H and O–H groups in total.